The Bertz CT molecular complexity index is 596. The van der Waals surface area contributed by atoms with E-state index in [4.69, 9.17) is 0 Å². The predicted octanol–water partition coefficient (Wildman–Crippen LogP) is 3.90. The summed E-state index contributed by atoms with van der Waals surface area (Å²) < 4.78 is 1.02. The number of benzene rings is 1. The number of halogens is 1. The molecule has 1 aromatic heterocycles. The van der Waals surface area contributed by atoms with E-state index in [2.05, 4.69) is 36.5 Å². The van der Waals surface area contributed by atoms with Gasteiger partial charge < -0.3 is 10.6 Å². The van der Waals surface area contributed by atoms with E-state index < -0.39 is 0 Å². The number of rotatable bonds is 4. The summed E-state index contributed by atoms with van der Waals surface area (Å²) in [6, 6.07) is 9.93. The molecule has 0 bridgehead atoms. The highest BCUT2D eigenvalue weighted by Crippen LogP contribution is 2.39. The van der Waals surface area contributed by atoms with E-state index in [9.17, 15) is 0 Å². The molecule has 0 spiro atoms. The molecule has 1 fully saturated rings. The number of nitrogens with one attached hydrogen (secondary N) is 2. The van der Waals surface area contributed by atoms with Crippen molar-refractivity contribution in [3.8, 4) is 0 Å². The molecule has 1 aromatic carbocycles. The number of nitrogens with zero attached hydrogens (tertiary/aromatic N) is 2. The van der Waals surface area contributed by atoms with E-state index >= 15 is 0 Å². The molecule has 19 heavy (non-hydrogen) atoms. The molecule has 1 aliphatic carbocycles. The molecule has 1 aliphatic rings. The number of para-hydroxylation sites is 1. The highest BCUT2D eigenvalue weighted by atomic mass is 79.9. The van der Waals surface area contributed by atoms with Crippen LogP contribution in [0, 0.1) is 0 Å². The second kappa shape index (κ2) is 5.17. The first-order valence-corrected chi connectivity index (χ1v) is 7.14. The average Bonchev–Trinajstić information content (AvgIpc) is 3.25. The summed E-state index contributed by atoms with van der Waals surface area (Å²) in [5.41, 5.74) is 1.00. The smallest absolute Gasteiger partial charge is 0.136 e. The minimum Gasteiger partial charge on any atom is -0.373 e. The molecular weight excluding hydrogens is 304 g/mol. The normalized spacial score (nSPS) is 14.2. The van der Waals surface area contributed by atoms with E-state index in [1.54, 1.807) is 0 Å². The minimum absolute atomic E-state index is 0.535. The van der Waals surface area contributed by atoms with E-state index in [0.29, 0.717) is 5.92 Å². The van der Waals surface area contributed by atoms with Crippen molar-refractivity contribution < 1.29 is 0 Å². The first-order chi connectivity index (χ1) is 9.26. The van der Waals surface area contributed by atoms with Gasteiger partial charge in [-0.1, -0.05) is 12.1 Å². The maximum atomic E-state index is 4.60. The summed E-state index contributed by atoms with van der Waals surface area (Å²) in [5, 5.41) is 6.42. The van der Waals surface area contributed by atoms with Gasteiger partial charge in [-0.2, -0.15) is 0 Å². The Hall–Kier alpha value is -1.62. The number of hydrogen-bond acceptors (Lipinski definition) is 4. The molecule has 0 amide bonds. The summed E-state index contributed by atoms with van der Waals surface area (Å²) in [5.74, 6) is 3.15. The monoisotopic (exact) mass is 318 g/mol. The van der Waals surface area contributed by atoms with Crippen molar-refractivity contribution in [3.05, 3.63) is 40.6 Å². The topological polar surface area (TPSA) is 49.8 Å². The van der Waals surface area contributed by atoms with Crippen LogP contribution in [0.3, 0.4) is 0 Å². The zero-order valence-corrected chi connectivity index (χ0v) is 12.2. The van der Waals surface area contributed by atoms with Crippen molar-refractivity contribution in [1.82, 2.24) is 9.97 Å². The van der Waals surface area contributed by atoms with Gasteiger partial charge in [-0.05, 0) is 40.9 Å². The van der Waals surface area contributed by atoms with Crippen molar-refractivity contribution in [2.45, 2.75) is 18.8 Å². The van der Waals surface area contributed by atoms with Gasteiger partial charge in [0.2, 0.25) is 0 Å². The minimum atomic E-state index is 0.535. The molecule has 0 aliphatic heterocycles. The molecule has 1 saturated carbocycles. The lowest BCUT2D eigenvalue weighted by atomic mass is 10.3. The quantitative estimate of drug-likeness (QED) is 0.897. The van der Waals surface area contributed by atoms with Gasteiger partial charge in [0.05, 0.1) is 5.69 Å². The fourth-order valence-electron chi connectivity index (χ4n) is 1.88. The van der Waals surface area contributed by atoms with Crippen molar-refractivity contribution in [1.29, 1.82) is 0 Å². The van der Waals surface area contributed by atoms with Crippen LogP contribution in [0.4, 0.5) is 17.3 Å². The molecule has 2 aromatic rings. The van der Waals surface area contributed by atoms with Gasteiger partial charge >= 0.3 is 0 Å². The van der Waals surface area contributed by atoms with Crippen LogP contribution >= 0.6 is 15.9 Å². The van der Waals surface area contributed by atoms with Crippen molar-refractivity contribution in [2.24, 2.45) is 0 Å². The molecule has 5 heteroatoms. The van der Waals surface area contributed by atoms with Gasteiger partial charge in [-0.15, -0.1) is 0 Å². The van der Waals surface area contributed by atoms with Crippen LogP contribution in [-0.2, 0) is 0 Å². The molecular formula is C14H15BrN4. The zero-order chi connectivity index (χ0) is 13.2. The summed E-state index contributed by atoms with van der Waals surface area (Å²) in [7, 11) is 1.88. The SMILES string of the molecule is CNc1cc(Nc2ccccc2Br)nc(C2CC2)n1. The summed E-state index contributed by atoms with van der Waals surface area (Å²) in [6.45, 7) is 0. The molecule has 1 heterocycles. The zero-order valence-electron chi connectivity index (χ0n) is 10.7. The standard InChI is InChI=1S/C14H15BrN4/c1-16-12-8-13(19-14(18-12)9-6-7-9)17-11-5-3-2-4-10(11)15/h2-5,8-9H,6-7H2,1H3,(H2,16,17,18,19). The van der Waals surface area contributed by atoms with E-state index in [-0.39, 0.29) is 0 Å². The average molecular weight is 319 g/mol. The fraction of sp³-hybridized carbons (Fsp3) is 0.286. The van der Waals surface area contributed by atoms with E-state index in [0.717, 1.165) is 27.6 Å². The van der Waals surface area contributed by atoms with Crippen molar-refractivity contribution in [2.75, 3.05) is 17.7 Å². The second-order valence-corrected chi connectivity index (χ2v) is 5.48. The van der Waals surface area contributed by atoms with Gasteiger partial charge in [0.15, 0.2) is 0 Å². The molecule has 0 radical (unpaired) electrons. The summed E-state index contributed by atoms with van der Waals surface area (Å²) in [6.07, 6.45) is 2.39. The molecule has 0 saturated heterocycles. The number of hydrogen-bond donors (Lipinski definition) is 2. The Morgan fingerprint density at radius 3 is 2.58 bits per heavy atom. The van der Waals surface area contributed by atoms with Crippen LogP contribution in [-0.4, -0.2) is 17.0 Å². The van der Waals surface area contributed by atoms with E-state index in [1.165, 1.54) is 12.8 Å². The molecule has 0 unspecified atom stereocenters. The molecule has 3 rings (SSSR count). The lowest BCUT2D eigenvalue weighted by Crippen LogP contribution is -2.03. The third-order valence-corrected chi connectivity index (χ3v) is 3.77. The maximum Gasteiger partial charge on any atom is 0.136 e. The van der Waals surface area contributed by atoms with E-state index in [1.807, 2.05) is 37.4 Å². The fourth-order valence-corrected chi connectivity index (χ4v) is 2.27. The Morgan fingerprint density at radius 1 is 1.16 bits per heavy atom. The Kier molecular flexibility index (Phi) is 3.38. The Labute approximate surface area is 120 Å². The number of anilines is 3. The first kappa shape index (κ1) is 12.4. The number of aromatic nitrogens is 2. The molecule has 2 N–H and O–H groups in total. The highest BCUT2D eigenvalue weighted by Gasteiger charge is 2.27. The third-order valence-electron chi connectivity index (χ3n) is 3.08. The predicted molar refractivity (Wildman–Crippen MR) is 81.0 cm³/mol. The highest BCUT2D eigenvalue weighted by molar-refractivity contribution is 9.10. The van der Waals surface area contributed by atoms with Crippen molar-refractivity contribution in [3.63, 3.8) is 0 Å². The lowest BCUT2D eigenvalue weighted by Gasteiger charge is -2.10. The van der Waals surface area contributed by atoms with Gasteiger partial charge in [0.1, 0.15) is 17.5 Å². The largest absolute Gasteiger partial charge is 0.373 e. The van der Waals surface area contributed by atoms with Gasteiger partial charge in [-0.25, -0.2) is 9.97 Å². The van der Waals surface area contributed by atoms with Crippen LogP contribution in [0.2, 0.25) is 0 Å². The molecule has 0 atom stereocenters. The molecule has 4 nitrogen and oxygen atoms in total. The van der Waals surface area contributed by atoms with Crippen molar-refractivity contribution >= 4 is 33.3 Å². The lowest BCUT2D eigenvalue weighted by molar-refractivity contribution is 0.932. The van der Waals surface area contributed by atoms with Crippen LogP contribution < -0.4 is 10.6 Å². The summed E-state index contributed by atoms with van der Waals surface area (Å²) >= 11 is 3.53. The maximum absolute atomic E-state index is 4.60. The van der Waals surface area contributed by atoms with Crippen LogP contribution in [0.25, 0.3) is 0 Å². The molecule has 98 valence electrons. The van der Waals surface area contributed by atoms with Gasteiger partial charge in [0.25, 0.3) is 0 Å². The van der Waals surface area contributed by atoms with Gasteiger partial charge in [0, 0.05) is 23.5 Å². The van der Waals surface area contributed by atoms with Crippen LogP contribution in [0.15, 0.2) is 34.8 Å². The first-order valence-electron chi connectivity index (χ1n) is 6.34. The van der Waals surface area contributed by atoms with Crippen LogP contribution in [0.1, 0.15) is 24.6 Å². The van der Waals surface area contributed by atoms with Gasteiger partial charge in [-0.3, -0.25) is 0 Å². The Balaban J connectivity index is 1.91. The third kappa shape index (κ3) is 2.87. The Morgan fingerprint density at radius 2 is 1.89 bits per heavy atom. The summed E-state index contributed by atoms with van der Waals surface area (Å²) in [4.78, 5) is 9.10. The second-order valence-electron chi connectivity index (χ2n) is 4.63. The van der Waals surface area contributed by atoms with Crippen LogP contribution in [0.5, 0.6) is 0 Å².